The molecule has 1 saturated carbocycles. The summed E-state index contributed by atoms with van der Waals surface area (Å²) < 4.78 is 8.66. The maximum atomic E-state index is 13.8. The van der Waals surface area contributed by atoms with Crippen LogP contribution in [0, 0.1) is 5.21 Å². The highest BCUT2D eigenvalue weighted by Crippen LogP contribution is 2.31. The first kappa shape index (κ1) is 25.8. The number of hydrogen-bond acceptors (Lipinski definition) is 7. The van der Waals surface area contributed by atoms with E-state index in [4.69, 9.17) is 10.5 Å². The molecule has 0 spiro atoms. The highest BCUT2D eigenvalue weighted by atomic mass is 16.5. The third-order valence-corrected chi connectivity index (χ3v) is 7.64. The second kappa shape index (κ2) is 10.2. The molecule has 2 atom stereocenters. The number of quaternary nitrogens is 1. The quantitative estimate of drug-likeness (QED) is 0.205. The molecular formula is C29H31N7O4. The number of fused-ring (bicyclic) bond motifs is 1. The van der Waals surface area contributed by atoms with Gasteiger partial charge in [0, 0.05) is 32.0 Å². The van der Waals surface area contributed by atoms with Crippen molar-refractivity contribution < 1.29 is 14.2 Å². The van der Waals surface area contributed by atoms with Crippen LogP contribution in [0.25, 0.3) is 16.9 Å². The van der Waals surface area contributed by atoms with E-state index < -0.39 is 0 Å². The van der Waals surface area contributed by atoms with Gasteiger partial charge in [0.15, 0.2) is 11.5 Å². The molecule has 11 nitrogen and oxygen atoms in total. The Morgan fingerprint density at radius 1 is 1.10 bits per heavy atom. The summed E-state index contributed by atoms with van der Waals surface area (Å²) in [5, 5.41) is 12.5. The first-order valence-electron chi connectivity index (χ1n) is 13.4. The smallest absolute Gasteiger partial charge is 0.335 e. The lowest BCUT2D eigenvalue weighted by Crippen LogP contribution is -2.40. The molecular weight excluding hydrogens is 510 g/mol. The van der Waals surface area contributed by atoms with Crippen LogP contribution in [0.4, 0.5) is 5.82 Å². The lowest BCUT2D eigenvalue weighted by Gasteiger charge is -2.38. The number of aromatic nitrogens is 4. The van der Waals surface area contributed by atoms with Crippen molar-refractivity contribution in [2.45, 2.75) is 31.3 Å². The van der Waals surface area contributed by atoms with Crippen molar-refractivity contribution in [2.24, 2.45) is 0 Å². The maximum Gasteiger partial charge on any atom is 0.335 e. The molecule has 2 aromatic heterocycles. The zero-order valence-corrected chi connectivity index (χ0v) is 22.2. The SMILES string of the molecule is C[N+]([O-])(C/C=C/C(=O)N1CC[C@@H](n2c(=O)n(-c3ccc(Oc4ccccc4)cc3)c3c(N)ncnc32)C1)C1CC1. The van der Waals surface area contributed by atoms with Crippen molar-refractivity contribution in [2.75, 3.05) is 32.4 Å². The lowest BCUT2D eigenvalue weighted by molar-refractivity contribution is -0.865. The third kappa shape index (κ3) is 4.96. The number of nitrogens with two attached hydrogens (primary N) is 1. The first-order chi connectivity index (χ1) is 19.3. The number of nitrogens with zero attached hydrogens (tertiary/aromatic N) is 6. The zero-order valence-electron chi connectivity index (χ0n) is 22.2. The molecule has 1 aliphatic heterocycles. The van der Waals surface area contributed by atoms with Crippen molar-refractivity contribution in [3.63, 3.8) is 0 Å². The van der Waals surface area contributed by atoms with Gasteiger partial charge in [-0.15, -0.1) is 0 Å². The fraction of sp³-hybridized carbons (Fsp3) is 0.310. The number of likely N-dealkylation sites (N-methyl/N-ethyl adjacent to an activating group) is 1. The molecule has 6 rings (SSSR count). The van der Waals surface area contributed by atoms with Crippen LogP contribution in [0.15, 0.2) is 77.9 Å². The standard InChI is InChI=1S/C29H31N7O4/c1-36(39,22-11-12-22)17-5-8-25(37)33-16-15-21(18-33)35-28-26(27(30)31-19-32-28)34(29(35)38)20-9-13-24(14-10-20)40-23-6-3-2-4-7-23/h2-10,13-14,19,21-22H,11-12,15-18H2,1H3,(H2,30,31,32)/b8-5+/t21-,36?/m1/s1. The summed E-state index contributed by atoms with van der Waals surface area (Å²) in [6, 6.07) is 16.4. The summed E-state index contributed by atoms with van der Waals surface area (Å²) in [6.07, 6.45) is 6.95. The van der Waals surface area contributed by atoms with E-state index in [1.54, 1.807) is 46.9 Å². The fourth-order valence-electron chi connectivity index (χ4n) is 5.31. The molecule has 0 bridgehead atoms. The van der Waals surface area contributed by atoms with Gasteiger partial charge >= 0.3 is 5.69 Å². The van der Waals surface area contributed by atoms with E-state index in [0.29, 0.717) is 47.9 Å². The number of amides is 1. The van der Waals surface area contributed by atoms with Gasteiger partial charge in [0.1, 0.15) is 23.3 Å². The first-order valence-corrected chi connectivity index (χ1v) is 13.4. The number of para-hydroxylation sites is 1. The second-order valence-corrected chi connectivity index (χ2v) is 10.5. The summed E-state index contributed by atoms with van der Waals surface area (Å²) in [7, 11) is 1.65. The summed E-state index contributed by atoms with van der Waals surface area (Å²) in [5.41, 5.74) is 7.37. The predicted octanol–water partition coefficient (Wildman–Crippen LogP) is 3.39. The number of hydroxylamine groups is 3. The van der Waals surface area contributed by atoms with E-state index in [-0.39, 0.29) is 40.7 Å². The van der Waals surface area contributed by atoms with Gasteiger partial charge in [-0.2, -0.15) is 0 Å². The highest BCUT2D eigenvalue weighted by molar-refractivity contribution is 5.88. The number of likely N-dealkylation sites (tertiary alicyclic amines) is 1. The van der Waals surface area contributed by atoms with Gasteiger partial charge in [-0.25, -0.2) is 14.8 Å². The number of hydrogen-bond donors (Lipinski definition) is 1. The molecule has 206 valence electrons. The summed E-state index contributed by atoms with van der Waals surface area (Å²) in [4.78, 5) is 37.0. The Bertz CT molecular complexity index is 1620. The largest absolute Gasteiger partial charge is 0.633 e. The number of benzene rings is 2. The minimum Gasteiger partial charge on any atom is -0.633 e. The number of nitrogen functional groups attached to an aromatic ring is 1. The maximum absolute atomic E-state index is 13.8. The van der Waals surface area contributed by atoms with Crippen molar-refractivity contribution in [3.05, 3.63) is 88.8 Å². The molecule has 3 heterocycles. The van der Waals surface area contributed by atoms with Crippen LogP contribution in [-0.4, -0.2) is 67.3 Å². The van der Waals surface area contributed by atoms with Gasteiger partial charge in [-0.3, -0.25) is 13.9 Å². The number of ether oxygens (including phenoxy) is 1. The average molecular weight is 542 g/mol. The number of rotatable bonds is 8. The lowest BCUT2D eigenvalue weighted by atomic mass is 10.2. The molecule has 1 amide bonds. The zero-order chi connectivity index (χ0) is 27.9. The minimum atomic E-state index is -0.345. The van der Waals surface area contributed by atoms with Crippen LogP contribution >= 0.6 is 0 Å². The topological polar surface area (TPSA) is 131 Å². The van der Waals surface area contributed by atoms with Gasteiger partial charge < -0.3 is 25.2 Å². The Balaban J connectivity index is 1.25. The third-order valence-electron chi connectivity index (χ3n) is 7.64. The molecule has 1 aliphatic carbocycles. The second-order valence-electron chi connectivity index (χ2n) is 10.5. The molecule has 2 aromatic carbocycles. The molecule has 1 unspecified atom stereocenters. The van der Waals surface area contributed by atoms with Gasteiger partial charge in [0.05, 0.1) is 31.4 Å². The highest BCUT2D eigenvalue weighted by Gasteiger charge is 2.35. The van der Waals surface area contributed by atoms with Gasteiger partial charge in [0.2, 0.25) is 5.91 Å². The van der Waals surface area contributed by atoms with Crippen molar-refractivity contribution in [1.82, 2.24) is 24.0 Å². The van der Waals surface area contributed by atoms with Gasteiger partial charge in [-0.05, 0) is 48.9 Å². The van der Waals surface area contributed by atoms with E-state index in [1.807, 2.05) is 30.3 Å². The average Bonchev–Trinajstić information content (AvgIpc) is 3.63. The monoisotopic (exact) mass is 541 g/mol. The van der Waals surface area contributed by atoms with E-state index in [1.165, 1.54) is 17.0 Å². The fourth-order valence-corrected chi connectivity index (χ4v) is 5.31. The molecule has 4 aromatic rings. The number of imidazole rings is 1. The number of carbonyl (C=O) groups excluding carboxylic acids is 1. The molecule has 1 saturated heterocycles. The predicted molar refractivity (Wildman–Crippen MR) is 151 cm³/mol. The molecule has 11 heteroatoms. The summed E-state index contributed by atoms with van der Waals surface area (Å²) >= 11 is 0. The van der Waals surface area contributed by atoms with E-state index in [0.717, 1.165) is 12.8 Å². The normalized spacial score (nSPS) is 18.9. The van der Waals surface area contributed by atoms with Crippen molar-refractivity contribution >= 4 is 22.9 Å². The van der Waals surface area contributed by atoms with E-state index >= 15 is 0 Å². The Hall–Kier alpha value is -4.48. The molecule has 0 radical (unpaired) electrons. The van der Waals surface area contributed by atoms with Crippen LogP contribution < -0.4 is 16.2 Å². The molecule has 40 heavy (non-hydrogen) atoms. The molecule has 2 N–H and O–H groups in total. The van der Waals surface area contributed by atoms with Gasteiger partial charge in [-0.1, -0.05) is 18.2 Å². The van der Waals surface area contributed by atoms with Crippen molar-refractivity contribution in [3.8, 4) is 17.2 Å². The van der Waals surface area contributed by atoms with E-state index in [2.05, 4.69) is 9.97 Å². The van der Waals surface area contributed by atoms with Crippen LogP contribution in [-0.2, 0) is 4.79 Å². The van der Waals surface area contributed by atoms with E-state index in [9.17, 15) is 14.8 Å². The van der Waals surface area contributed by atoms with Gasteiger partial charge in [0.25, 0.3) is 0 Å². The van der Waals surface area contributed by atoms with Crippen LogP contribution in [0.3, 0.4) is 0 Å². The van der Waals surface area contributed by atoms with Crippen LogP contribution in [0.1, 0.15) is 25.3 Å². The number of anilines is 1. The molecule has 2 aliphatic rings. The Morgan fingerprint density at radius 3 is 2.55 bits per heavy atom. The Morgan fingerprint density at radius 2 is 1.82 bits per heavy atom. The summed E-state index contributed by atoms with van der Waals surface area (Å²) in [6.45, 7) is 1.11. The van der Waals surface area contributed by atoms with Crippen LogP contribution in [0.5, 0.6) is 11.5 Å². The van der Waals surface area contributed by atoms with Crippen LogP contribution in [0.2, 0.25) is 0 Å². The number of carbonyl (C=O) groups is 1. The minimum absolute atomic E-state index is 0.141. The summed E-state index contributed by atoms with van der Waals surface area (Å²) in [5.74, 6) is 1.36. The Kier molecular flexibility index (Phi) is 6.60. The molecule has 2 fully saturated rings. The Labute approximate surface area is 230 Å². The van der Waals surface area contributed by atoms with Crippen molar-refractivity contribution in [1.29, 1.82) is 0 Å².